The molecule has 0 radical (unpaired) electrons. The first-order chi connectivity index (χ1) is 12.8. The van der Waals surface area contributed by atoms with Gasteiger partial charge in [-0.1, -0.05) is 24.3 Å². The van der Waals surface area contributed by atoms with Gasteiger partial charge in [-0.3, -0.25) is 4.90 Å². The van der Waals surface area contributed by atoms with Crippen molar-refractivity contribution in [2.45, 2.75) is 31.3 Å². The van der Waals surface area contributed by atoms with Crippen molar-refractivity contribution in [3.63, 3.8) is 0 Å². The summed E-state index contributed by atoms with van der Waals surface area (Å²) in [7, 11) is 3.47. The molecule has 2 aromatic carbocycles. The maximum absolute atomic E-state index is 5.36. The second-order valence-corrected chi connectivity index (χ2v) is 8.23. The fraction of sp³-hybridized carbons (Fsp3) is 0.478. The van der Waals surface area contributed by atoms with Crippen LogP contribution in [0.25, 0.3) is 0 Å². The van der Waals surface area contributed by atoms with Crippen LogP contribution in [0.15, 0.2) is 48.5 Å². The van der Waals surface area contributed by atoms with Crippen molar-refractivity contribution in [1.29, 1.82) is 0 Å². The molecule has 3 aliphatic heterocycles. The van der Waals surface area contributed by atoms with Gasteiger partial charge >= 0.3 is 0 Å². The van der Waals surface area contributed by atoms with Gasteiger partial charge in [0.05, 0.1) is 14.2 Å². The topological polar surface area (TPSA) is 21.7 Å². The summed E-state index contributed by atoms with van der Waals surface area (Å²) < 4.78 is 10.7. The van der Waals surface area contributed by atoms with E-state index in [-0.39, 0.29) is 0 Å². The fourth-order valence-electron chi connectivity index (χ4n) is 5.97. The standard InChI is InChI=1S/C23H27NO2/c1-25-20-7-3-16(4-8-20)22-18-11-15-12-19(13-18)23(24(22)14-15)17-5-9-21(26-2)10-6-17/h3-10,15,18-19,22-23H,11-14H2,1-2H3/t15?,18-,19+,22-,23-/m1/s1. The quantitative estimate of drug-likeness (QED) is 0.788. The minimum atomic E-state index is 0.542. The number of hydrogen-bond donors (Lipinski definition) is 0. The van der Waals surface area contributed by atoms with Crippen molar-refractivity contribution in [1.82, 2.24) is 4.90 Å². The first-order valence-corrected chi connectivity index (χ1v) is 9.80. The van der Waals surface area contributed by atoms with E-state index in [1.807, 2.05) is 0 Å². The van der Waals surface area contributed by atoms with Gasteiger partial charge in [0, 0.05) is 18.6 Å². The fourth-order valence-corrected chi connectivity index (χ4v) is 5.97. The Morgan fingerprint density at radius 1 is 0.692 bits per heavy atom. The molecule has 0 spiro atoms. The van der Waals surface area contributed by atoms with Gasteiger partial charge in [0.1, 0.15) is 11.5 Å². The molecular formula is C23H27NO2. The molecule has 2 aromatic rings. The number of methoxy groups -OCH3 is 2. The molecule has 3 saturated heterocycles. The van der Waals surface area contributed by atoms with E-state index in [1.54, 1.807) is 14.2 Å². The molecule has 6 rings (SSSR count). The second-order valence-electron chi connectivity index (χ2n) is 8.23. The van der Waals surface area contributed by atoms with Crippen molar-refractivity contribution < 1.29 is 9.47 Å². The van der Waals surface area contributed by atoms with Crippen molar-refractivity contribution in [2.75, 3.05) is 20.8 Å². The van der Waals surface area contributed by atoms with Gasteiger partial charge in [0.2, 0.25) is 0 Å². The van der Waals surface area contributed by atoms with Crippen LogP contribution in [0.2, 0.25) is 0 Å². The lowest BCUT2D eigenvalue weighted by atomic mass is 9.60. The van der Waals surface area contributed by atoms with E-state index in [2.05, 4.69) is 53.4 Å². The zero-order valence-corrected chi connectivity index (χ0v) is 15.6. The highest BCUT2D eigenvalue weighted by Crippen LogP contribution is 2.59. The summed E-state index contributed by atoms with van der Waals surface area (Å²) in [4.78, 5) is 2.81. The predicted octanol–water partition coefficient (Wildman–Crippen LogP) is 4.85. The lowest BCUT2D eigenvalue weighted by Crippen LogP contribution is -2.56. The highest BCUT2D eigenvalue weighted by Gasteiger charge is 2.52. The van der Waals surface area contributed by atoms with Crippen LogP contribution >= 0.6 is 0 Å². The van der Waals surface area contributed by atoms with Crippen LogP contribution in [-0.2, 0) is 0 Å². The third-order valence-electron chi connectivity index (χ3n) is 6.87. The maximum Gasteiger partial charge on any atom is 0.118 e. The molecule has 136 valence electrons. The normalized spacial score (nSPS) is 34.7. The molecular weight excluding hydrogens is 322 g/mol. The number of rotatable bonds is 4. The van der Waals surface area contributed by atoms with E-state index >= 15 is 0 Å². The largest absolute Gasteiger partial charge is 0.497 e. The number of piperidine rings is 3. The molecule has 3 nitrogen and oxygen atoms in total. The van der Waals surface area contributed by atoms with Gasteiger partial charge < -0.3 is 9.47 Å². The highest BCUT2D eigenvalue weighted by molar-refractivity contribution is 5.34. The zero-order valence-electron chi connectivity index (χ0n) is 15.6. The molecule has 0 amide bonds. The molecule has 1 aliphatic carbocycles. The molecule has 6 atom stereocenters. The Hall–Kier alpha value is -2.00. The van der Waals surface area contributed by atoms with Crippen molar-refractivity contribution in [2.24, 2.45) is 17.8 Å². The molecule has 4 fully saturated rings. The number of hydrogen-bond acceptors (Lipinski definition) is 3. The summed E-state index contributed by atoms with van der Waals surface area (Å²) in [5.41, 5.74) is 2.90. The predicted molar refractivity (Wildman–Crippen MR) is 102 cm³/mol. The van der Waals surface area contributed by atoms with E-state index in [4.69, 9.17) is 9.47 Å². The van der Waals surface area contributed by atoms with Crippen molar-refractivity contribution in [3.05, 3.63) is 59.7 Å². The van der Waals surface area contributed by atoms with Crippen LogP contribution in [0.1, 0.15) is 42.5 Å². The summed E-state index contributed by atoms with van der Waals surface area (Å²) >= 11 is 0. The van der Waals surface area contributed by atoms with Crippen LogP contribution in [-0.4, -0.2) is 25.7 Å². The van der Waals surface area contributed by atoms with Crippen LogP contribution in [0.4, 0.5) is 0 Å². The zero-order chi connectivity index (χ0) is 17.7. The SMILES string of the molecule is COc1ccc([C@@H]2[C@@H]3CC4C[C@@H](C3)[C@@H](c3ccc(OC)cc3)N2C4)cc1. The molecule has 1 saturated carbocycles. The molecule has 0 aromatic heterocycles. The average Bonchev–Trinajstić information content (AvgIpc) is 2.68. The highest BCUT2D eigenvalue weighted by atomic mass is 16.5. The Balaban J connectivity index is 1.50. The number of benzene rings is 2. The van der Waals surface area contributed by atoms with E-state index < -0.39 is 0 Å². The summed E-state index contributed by atoms with van der Waals surface area (Å²) in [6.07, 6.45) is 4.17. The minimum Gasteiger partial charge on any atom is -0.497 e. The van der Waals surface area contributed by atoms with Gasteiger partial charge in [-0.25, -0.2) is 0 Å². The van der Waals surface area contributed by atoms with Gasteiger partial charge in [-0.15, -0.1) is 0 Å². The maximum atomic E-state index is 5.36. The first kappa shape index (κ1) is 16.2. The number of nitrogens with zero attached hydrogens (tertiary/aromatic N) is 1. The first-order valence-electron chi connectivity index (χ1n) is 9.80. The van der Waals surface area contributed by atoms with E-state index in [0.29, 0.717) is 12.1 Å². The molecule has 2 unspecified atom stereocenters. The van der Waals surface area contributed by atoms with E-state index in [9.17, 15) is 0 Å². The molecule has 4 aliphatic rings. The Morgan fingerprint density at radius 3 is 1.58 bits per heavy atom. The Kier molecular flexibility index (Phi) is 3.93. The molecule has 3 heteroatoms. The molecule has 26 heavy (non-hydrogen) atoms. The third-order valence-corrected chi connectivity index (χ3v) is 6.87. The second kappa shape index (κ2) is 6.31. The molecule has 3 heterocycles. The van der Waals surface area contributed by atoms with Crippen LogP contribution in [0, 0.1) is 17.8 Å². The summed E-state index contributed by atoms with van der Waals surface area (Å²) in [6, 6.07) is 18.6. The Bertz CT molecular complexity index is 706. The van der Waals surface area contributed by atoms with Gasteiger partial charge in [-0.05, 0) is 72.4 Å². The summed E-state index contributed by atoms with van der Waals surface area (Å²) in [6.45, 7) is 1.24. The van der Waals surface area contributed by atoms with E-state index in [1.165, 1.54) is 36.9 Å². The number of ether oxygens (including phenoxy) is 2. The summed E-state index contributed by atoms with van der Waals surface area (Å²) in [5.74, 6) is 4.38. The van der Waals surface area contributed by atoms with Crippen LogP contribution in [0.3, 0.4) is 0 Å². The van der Waals surface area contributed by atoms with Gasteiger partial charge in [-0.2, -0.15) is 0 Å². The van der Waals surface area contributed by atoms with E-state index in [0.717, 1.165) is 29.3 Å². The summed E-state index contributed by atoms with van der Waals surface area (Å²) in [5, 5.41) is 0. The minimum absolute atomic E-state index is 0.542. The van der Waals surface area contributed by atoms with Crippen LogP contribution in [0.5, 0.6) is 11.5 Å². The average molecular weight is 349 g/mol. The van der Waals surface area contributed by atoms with Crippen molar-refractivity contribution >= 4 is 0 Å². The lowest BCUT2D eigenvalue weighted by molar-refractivity contribution is -0.111. The van der Waals surface area contributed by atoms with Gasteiger partial charge in [0.15, 0.2) is 0 Å². The Labute approximate surface area is 155 Å². The van der Waals surface area contributed by atoms with Gasteiger partial charge in [0.25, 0.3) is 0 Å². The Morgan fingerprint density at radius 2 is 1.15 bits per heavy atom. The lowest BCUT2D eigenvalue weighted by Gasteiger charge is -2.61. The van der Waals surface area contributed by atoms with Crippen molar-refractivity contribution in [3.8, 4) is 11.5 Å². The monoisotopic (exact) mass is 349 g/mol. The third kappa shape index (κ3) is 2.52. The molecule has 4 bridgehead atoms. The molecule has 0 N–H and O–H groups in total. The van der Waals surface area contributed by atoms with Crippen LogP contribution < -0.4 is 9.47 Å². The smallest absolute Gasteiger partial charge is 0.118 e.